The highest BCUT2D eigenvalue weighted by Gasteiger charge is 2.31. The summed E-state index contributed by atoms with van der Waals surface area (Å²) in [6.45, 7) is 5.15. The summed E-state index contributed by atoms with van der Waals surface area (Å²) >= 11 is 0. The standard InChI is InChI=1S/C10H17N3O5/c1-10(2,3)17-9(16)12(4)11-18-13-7(14)5-6-8(13)15/h11H,5-6H2,1-4H3. The molecule has 0 radical (unpaired) electrons. The van der Waals surface area contributed by atoms with Crippen LogP contribution in [0, 0.1) is 0 Å². The van der Waals surface area contributed by atoms with Gasteiger partial charge in [-0.15, -0.1) is 5.06 Å². The van der Waals surface area contributed by atoms with E-state index in [0.29, 0.717) is 5.06 Å². The lowest BCUT2D eigenvalue weighted by molar-refractivity contribution is -0.233. The molecular weight excluding hydrogens is 242 g/mol. The molecule has 0 aromatic carbocycles. The van der Waals surface area contributed by atoms with Crippen molar-refractivity contribution in [2.45, 2.75) is 39.2 Å². The van der Waals surface area contributed by atoms with E-state index in [-0.39, 0.29) is 12.8 Å². The lowest BCUT2D eigenvalue weighted by Crippen LogP contribution is -2.47. The van der Waals surface area contributed by atoms with Gasteiger partial charge in [0.05, 0.1) is 0 Å². The molecule has 0 spiro atoms. The molecule has 0 aromatic rings. The minimum atomic E-state index is -0.693. The normalized spacial score (nSPS) is 16.1. The Labute approximate surface area is 105 Å². The van der Waals surface area contributed by atoms with Crippen molar-refractivity contribution in [1.29, 1.82) is 0 Å². The maximum atomic E-state index is 11.5. The number of hydrogen-bond acceptors (Lipinski definition) is 6. The number of hydroxylamine groups is 2. The van der Waals surface area contributed by atoms with Gasteiger partial charge in [-0.1, -0.05) is 5.59 Å². The third kappa shape index (κ3) is 3.97. The molecule has 0 saturated carbocycles. The van der Waals surface area contributed by atoms with E-state index in [9.17, 15) is 14.4 Å². The summed E-state index contributed by atoms with van der Waals surface area (Å²) < 4.78 is 5.02. The molecule has 0 bridgehead atoms. The van der Waals surface area contributed by atoms with Crippen LogP contribution in [0.2, 0.25) is 0 Å². The van der Waals surface area contributed by atoms with Gasteiger partial charge in [0.15, 0.2) is 0 Å². The van der Waals surface area contributed by atoms with Crippen molar-refractivity contribution < 1.29 is 24.1 Å². The summed E-state index contributed by atoms with van der Waals surface area (Å²) in [6.07, 6.45) is -0.477. The van der Waals surface area contributed by atoms with Crippen molar-refractivity contribution in [1.82, 2.24) is 15.7 Å². The number of carbonyl (C=O) groups is 3. The van der Waals surface area contributed by atoms with E-state index in [4.69, 9.17) is 9.68 Å². The van der Waals surface area contributed by atoms with E-state index in [1.807, 2.05) is 0 Å². The van der Waals surface area contributed by atoms with Crippen LogP contribution in [-0.4, -0.2) is 40.6 Å². The molecule has 1 aliphatic rings. The van der Waals surface area contributed by atoms with E-state index in [1.165, 1.54) is 7.05 Å². The second-order valence-corrected chi connectivity index (χ2v) is 4.80. The first-order chi connectivity index (χ1) is 8.20. The van der Waals surface area contributed by atoms with E-state index < -0.39 is 23.5 Å². The molecule has 0 aliphatic carbocycles. The van der Waals surface area contributed by atoms with Gasteiger partial charge in [0, 0.05) is 19.9 Å². The number of ether oxygens (including phenoxy) is 1. The molecule has 1 rings (SSSR count). The number of hydrazine groups is 1. The average Bonchev–Trinajstić information content (AvgIpc) is 2.53. The van der Waals surface area contributed by atoms with Crippen LogP contribution < -0.4 is 5.59 Å². The second-order valence-electron chi connectivity index (χ2n) is 4.80. The summed E-state index contributed by atoms with van der Waals surface area (Å²) in [4.78, 5) is 38.6. The summed E-state index contributed by atoms with van der Waals surface area (Å²) in [5.74, 6) is -0.907. The summed E-state index contributed by atoms with van der Waals surface area (Å²) in [5, 5.41) is 1.48. The lowest BCUT2D eigenvalue weighted by Gasteiger charge is -2.25. The predicted octanol–water partition coefficient (Wildman–Crippen LogP) is 0.353. The number of imide groups is 1. The summed E-state index contributed by atoms with van der Waals surface area (Å²) in [7, 11) is 1.35. The predicted molar refractivity (Wildman–Crippen MR) is 59.3 cm³/mol. The Bertz CT molecular complexity index is 347. The quantitative estimate of drug-likeness (QED) is 0.581. The van der Waals surface area contributed by atoms with Crippen molar-refractivity contribution in [3.8, 4) is 0 Å². The van der Waals surface area contributed by atoms with Gasteiger partial charge in [-0.25, -0.2) is 9.80 Å². The smallest absolute Gasteiger partial charge is 0.426 e. The van der Waals surface area contributed by atoms with Crippen LogP contribution in [0.5, 0.6) is 0 Å². The van der Waals surface area contributed by atoms with Crippen molar-refractivity contribution in [2.75, 3.05) is 7.05 Å². The van der Waals surface area contributed by atoms with E-state index in [0.717, 1.165) is 5.01 Å². The first kappa shape index (κ1) is 14.4. The summed E-state index contributed by atoms with van der Waals surface area (Å²) in [6, 6.07) is 0. The van der Waals surface area contributed by atoms with Crippen LogP contribution in [-0.2, 0) is 19.3 Å². The first-order valence-corrected chi connectivity index (χ1v) is 5.46. The molecule has 1 aliphatic heterocycles. The first-order valence-electron chi connectivity index (χ1n) is 5.46. The zero-order chi connectivity index (χ0) is 13.9. The molecule has 3 amide bonds. The Kier molecular flexibility index (Phi) is 4.25. The highest BCUT2D eigenvalue weighted by atomic mass is 16.8. The van der Waals surface area contributed by atoms with Gasteiger partial charge >= 0.3 is 6.09 Å². The van der Waals surface area contributed by atoms with Gasteiger partial charge in [0.1, 0.15) is 5.60 Å². The van der Waals surface area contributed by atoms with Crippen molar-refractivity contribution in [2.24, 2.45) is 0 Å². The fourth-order valence-corrected chi connectivity index (χ4v) is 1.13. The molecule has 102 valence electrons. The molecule has 8 nitrogen and oxygen atoms in total. The SMILES string of the molecule is CN(NON1C(=O)CCC1=O)C(=O)OC(C)(C)C. The second kappa shape index (κ2) is 5.32. The Hall–Kier alpha value is -1.67. The van der Waals surface area contributed by atoms with Crippen LogP contribution in [0.3, 0.4) is 0 Å². The van der Waals surface area contributed by atoms with Gasteiger partial charge in [-0.2, -0.15) is 4.94 Å². The van der Waals surface area contributed by atoms with Gasteiger partial charge in [-0.05, 0) is 20.8 Å². The largest absolute Gasteiger partial charge is 0.443 e. The Morgan fingerprint density at radius 1 is 1.28 bits per heavy atom. The van der Waals surface area contributed by atoms with E-state index in [1.54, 1.807) is 20.8 Å². The van der Waals surface area contributed by atoms with Crippen molar-refractivity contribution in [3.63, 3.8) is 0 Å². The topological polar surface area (TPSA) is 88.2 Å². The van der Waals surface area contributed by atoms with Gasteiger partial charge in [0.2, 0.25) is 0 Å². The molecule has 1 heterocycles. The lowest BCUT2D eigenvalue weighted by atomic mass is 10.2. The molecule has 8 heteroatoms. The molecule has 18 heavy (non-hydrogen) atoms. The fourth-order valence-electron chi connectivity index (χ4n) is 1.13. The third-order valence-corrected chi connectivity index (χ3v) is 1.94. The van der Waals surface area contributed by atoms with E-state index >= 15 is 0 Å². The molecule has 1 saturated heterocycles. The highest BCUT2D eigenvalue weighted by molar-refractivity contribution is 6.00. The minimum absolute atomic E-state index is 0.108. The molecule has 1 fully saturated rings. The Morgan fingerprint density at radius 3 is 2.22 bits per heavy atom. The number of nitrogens with one attached hydrogen (secondary N) is 1. The zero-order valence-electron chi connectivity index (χ0n) is 10.8. The van der Waals surface area contributed by atoms with Crippen molar-refractivity contribution in [3.05, 3.63) is 0 Å². The van der Waals surface area contributed by atoms with Crippen LogP contribution in [0.15, 0.2) is 0 Å². The van der Waals surface area contributed by atoms with Crippen LogP contribution >= 0.6 is 0 Å². The minimum Gasteiger partial charge on any atom is -0.443 e. The summed E-state index contributed by atoms with van der Waals surface area (Å²) in [5.41, 5.74) is 1.50. The average molecular weight is 259 g/mol. The van der Waals surface area contributed by atoms with Crippen LogP contribution in [0.25, 0.3) is 0 Å². The van der Waals surface area contributed by atoms with Crippen LogP contribution in [0.4, 0.5) is 4.79 Å². The fraction of sp³-hybridized carbons (Fsp3) is 0.700. The zero-order valence-corrected chi connectivity index (χ0v) is 10.8. The Morgan fingerprint density at radius 2 is 1.78 bits per heavy atom. The molecule has 0 aromatic heterocycles. The van der Waals surface area contributed by atoms with E-state index in [2.05, 4.69) is 5.59 Å². The number of hydrogen-bond donors (Lipinski definition) is 1. The van der Waals surface area contributed by atoms with Crippen LogP contribution in [0.1, 0.15) is 33.6 Å². The van der Waals surface area contributed by atoms with Gasteiger partial charge in [-0.3, -0.25) is 9.59 Å². The van der Waals surface area contributed by atoms with Crippen molar-refractivity contribution >= 4 is 17.9 Å². The number of amides is 3. The molecule has 1 N–H and O–H groups in total. The third-order valence-electron chi connectivity index (χ3n) is 1.94. The highest BCUT2D eigenvalue weighted by Crippen LogP contribution is 2.11. The maximum absolute atomic E-state index is 11.5. The number of carbonyl (C=O) groups excluding carboxylic acids is 3. The van der Waals surface area contributed by atoms with Gasteiger partial charge < -0.3 is 4.74 Å². The molecular formula is C10H17N3O5. The molecule has 0 unspecified atom stereocenters. The molecule has 0 atom stereocenters. The Balaban J connectivity index is 2.41. The number of nitrogens with zero attached hydrogens (tertiary/aromatic N) is 2. The monoisotopic (exact) mass is 259 g/mol. The number of rotatable bonds is 3. The van der Waals surface area contributed by atoms with Gasteiger partial charge in [0.25, 0.3) is 11.8 Å². The maximum Gasteiger partial charge on any atom is 0.426 e.